The van der Waals surface area contributed by atoms with E-state index in [1.165, 1.54) is 12.5 Å². The lowest BCUT2D eigenvalue weighted by Gasteiger charge is -2.51. The summed E-state index contributed by atoms with van der Waals surface area (Å²) in [6, 6.07) is 0. The van der Waals surface area contributed by atoms with Gasteiger partial charge in [-0.05, 0) is 100.0 Å². The molecule has 2 rings (SSSR count). The van der Waals surface area contributed by atoms with Crippen LogP contribution >= 0.6 is 0 Å². The van der Waals surface area contributed by atoms with Gasteiger partial charge in [0.25, 0.3) is 0 Å². The van der Waals surface area contributed by atoms with E-state index in [1.807, 2.05) is 10.1 Å². The minimum absolute atomic E-state index is 0.0825. The first-order valence-electron chi connectivity index (χ1n) is 10.6. The molecule has 0 radical (unpaired) electrons. The lowest BCUT2D eigenvalue weighted by Crippen LogP contribution is -2.58. The Labute approximate surface area is 171 Å². The zero-order chi connectivity index (χ0) is 21.4. The molecule has 0 amide bonds. The summed E-state index contributed by atoms with van der Waals surface area (Å²) in [6.07, 6.45) is 9.46. The second-order valence-electron chi connectivity index (χ2n) is 10.8. The Morgan fingerprint density at radius 1 is 0.714 bits per heavy atom. The van der Waals surface area contributed by atoms with Gasteiger partial charge in [0.1, 0.15) is 5.76 Å². The van der Waals surface area contributed by atoms with Crippen molar-refractivity contribution in [3.63, 3.8) is 0 Å². The summed E-state index contributed by atoms with van der Waals surface area (Å²) in [7, 11) is 0. The fourth-order valence-corrected chi connectivity index (χ4v) is 4.88. The molecule has 2 aliphatic heterocycles. The van der Waals surface area contributed by atoms with Crippen LogP contribution in [0.2, 0.25) is 0 Å². The first-order valence-corrected chi connectivity index (χ1v) is 10.6. The summed E-state index contributed by atoms with van der Waals surface area (Å²) in [6.45, 7) is 21.2. The summed E-state index contributed by atoms with van der Waals surface area (Å²) in [5.74, 6) is 0.0436. The summed E-state index contributed by atoms with van der Waals surface area (Å²) in [5, 5.41) is 3.88. The Morgan fingerprint density at radius 3 is 1.46 bits per heavy atom. The van der Waals surface area contributed by atoms with Crippen molar-refractivity contribution in [2.24, 2.45) is 0 Å². The molecule has 0 unspecified atom stereocenters. The molecule has 0 aromatic carbocycles. The maximum atomic E-state index is 12.5. The standard InChI is InChI=1S/C23H40N2O3/c1-18(27-24-20(2,3)14-10-15-21(24,4)5)12-13-19(26)28-25-22(6,7)16-11-17-23(25,8)9/h12-13H,1,10-11,14-17H2,2-9H3/b13-12+. The summed E-state index contributed by atoms with van der Waals surface area (Å²) in [4.78, 5) is 24.3. The highest BCUT2D eigenvalue weighted by Crippen LogP contribution is 2.40. The molecule has 160 valence electrons. The molecule has 2 heterocycles. The van der Waals surface area contributed by atoms with E-state index in [-0.39, 0.29) is 22.2 Å². The summed E-state index contributed by atoms with van der Waals surface area (Å²) >= 11 is 0. The number of hydrogen-bond donors (Lipinski definition) is 0. The van der Waals surface area contributed by atoms with Gasteiger partial charge in [0, 0.05) is 6.08 Å². The predicted octanol–water partition coefficient (Wildman–Crippen LogP) is 5.53. The van der Waals surface area contributed by atoms with Crippen molar-refractivity contribution in [2.75, 3.05) is 0 Å². The molecular formula is C23H40N2O3. The molecule has 0 bridgehead atoms. The second kappa shape index (κ2) is 7.83. The van der Waals surface area contributed by atoms with Crippen LogP contribution in [0.5, 0.6) is 0 Å². The second-order valence-corrected chi connectivity index (χ2v) is 10.8. The van der Waals surface area contributed by atoms with Crippen LogP contribution in [0.3, 0.4) is 0 Å². The number of carbonyl (C=O) groups is 1. The van der Waals surface area contributed by atoms with E-state index in [4.69, 9.17) is 9.68 Å². The Morgan fingerprint density at radius 2 is 1.07 bits per heavy atom. The number of carbonyl (C=O) groups excluding carboxylic acids is 1. The monoisotopic (exact) mass is 392 g/mol. The highest BCUT2D eigenvalue weighted by atomic mass is 16.7. The highest BCUT2D eigenvalue weighted by Gasteiger charge is 2.45. The zero-order valence-electron chi connectivity index (χ0n) is 19.2. The van der Waals surface area contributed by atoms with Crippen molar-refractivity contribution < 1.29 is 14.5 Å². The van der Waals surface area contributed by atoms with Gasteiger partial charge in [-0.25, -0.2) is 4.79 Å². The maximum Gasteiger partial charge on any atom is 0.349 e. The summed E-state index contributed by atoms with van der Waals surface area (Å²) < 4.78 is 0. The van der Waals surface area contributed by atoms with Gasteiger partial charge in [0.05, 0.1) is 22.2 Å². The Balaban J connectivity index is 2.00. The van der Waals surface area contributed by atoms with Gasteiger partial charge in [-0.15, -0.1) is 10.1 Å². The van der Waals surface area contributed by atoms with E-state index in [9.17, 15) is 4.79 Å². The molecule has 0 spiro atoms. The van der Waals surface area contributed by atoms with Crippen LogP contribution in [0.15, 0.2) is 24.5 Å². The molecule has 5 heteroatoms. The van der Waals surface area contributed by atoms with Crippen molar-refractivity contribution in [2.45, 2.75) is 116 Å². The first-order chi connectivity index (χ1) is 12.7. The number of hydrogen-bond acceptors (Lipinski definition) is 5. The first kappa shape index (κ1) is 23.0. The van der Waals surface area contributed by atoms with Crippen LogP contribution in [0, 0.1) is 0 Å². The van der Waals surface area contributed by atoms with Crippen LogP contribution in [0.1, 0.15) is 93.9 Å². The van der Waals surface area contributed by atoms with Gasteiger partial charge >= 0.3 is 5.97 Å². The van der Waals surface area contributed by atoms with Crippen molar-refractivity contribution in [3.8, 4) is 0 Å². The number of allylic oxidation sites excluding steroid dienone is 1. The van der Waals surface area contributed by atoms with E-state index >= 15 is 0 Å². The number of rotatable bonds is 5. The van der Waals surface area contributed by atoms with Crippen molar-refractivity contribution in [1.29, 1.82) is 0 Å². The van der Waals surface area contributed by atoms with Gasteiger partial charge in [-0.3, -0.25) is 0 Å². The third kappa shape index (κ3) is 5.18. The number of piperidine rings is 2. The number of hydroxylamine groups is 4. The fourth-order valence-electron chi connectivity index (χ4n) is 4.88. The molecule has 2 saturated heterocycles. The maximum absolute atomic E-state index is 12.5. The molecule has 0 aromatic rings. The smallest absolute Gasteiger partial charge is 0.349 e. The third-order valence-corrected chi connectivity index (χ3v) is 6.15. The Kier molecular flexibility index (Phi) is 6.42. The molecule has 0 atom stereocenters. The van der Waals surface area contributed by atoms with Crippen LogP contribution in [-0.4, -0.2) is 38.3 Å². The molecule has 0 N–H and O–H groups in total. The molecule has 0 saturated carbocycles. The van der Waals surface area contributed by atoms with E-state index in [2.05, 4.69) is 62.0 Å². The molecule has 2 aliphatic rings. The molecule has 28 heavy (non-hydrogen) atoms. The lowest BCUT2D eigenvalue weighted by molar-refractivity contribution is -0.261. The molecular weight excluding hydrogens is 352 g/mol. The SMILES string of the molecule is C=C(/C=C/C(=O)ON1C(C)(C)CCCC1(C)C)ON1C(C)(C)CCCC1(C)C. The van der Waals surface area contributed by atoms with Crippen molar-refractivity contribution >= 4 is 5.97 Å². The van der Waals surface area contributed by atoms with E-state index in [0.29, 0.717) is 5.76 Å². The van der Waals surface area contributed by atoms with Crippen LogP contribution in [0.4, 0.5) is 0 Å². The molecule has 0 aromatic heterocycles. The van der Waals surface area contributed by atoms with E-state index in [0.717, 1.165) is 32.1 Å². The average molecular weight is 393 g/mol. The van der Waals surface area contributed by atoms with Crippen LogP contribution in [-0.2, 0) is 14.5 Å². The zero-order valence-corrected chi connectivity index (χ0v) is 19.2. The summed E-state index contributed by atoms with van der Waals surface area (Å²) in [5.41, 5.74) is -0.525. The normalized spacial score (nSPS) is 26.7. The van der Waals surface area contributed by atoms with Gasteiger partial charge in [-0.1, -0.05) is 6.58 Å². The van der Waals surface area contributed by atoms with Gasteiger partial charge in [0.2, 0.25) is 0 Å². The quantitative estimate of drug-likeness (QED) is 0.349. The van der Waals surface area contributed by atoms with Gasteiger partial charge in [-0.2, -0.15) is 0 Å². The largest absolute Gasteiger partial charge is 0.406 e. The predicted molar refractivity (Wildman–Crippen MR) is 113 cm³/mol. The van der Waals surface area contributed by atoms with E-state index in [1.54, 1.807) is 6.08 Å². The minimum Gasteiger partial charge on any atom is -0.406 e. The molecule has 0 aliphatic carbocycles. The fraction of sp³-hybridized carbons (Fsp3) is 0.783. The van der Waals surface area contributed by atoms with Gasteiger partial charge < -0.3 is 9.68 Å². The molecule has 5 nitrogen and oxygen atoms in total. The van der Waals surface area contributed by atoms with Gasteiger partial charge in [0.15, 0.2) is 0 Å². The number of nitrogens with zero attached hydrogens (tertiary/aromatic N) is 2. The third-order valence-electron chi connectivity index (χ3n) is 6.15. The molecule has 2 fully saturated rings. The lowest BCUT2D eigenvalue weighted by atomic mass is 9.82. The Hall–Kier alpha value is -1.33. The highest BCUT2D eigenvalue weighted by molar-refractivity contribution is 5.82. The topological polar surface area (TPSA) is 42.0 Å². The Bertz CT molecular complexity index is 546. The van der Waals surface area contributed by atoms with Crippen LogP contribution in [0.25, 0.3) is 0 Å². The van der Waals surface area contributed by atoms with Crippen molar-refractivity contribution in [1.82, 2.24) is 10.1 Å². The van der Waals surface area contributed by atoms with E-state index < -0.39 is 5.97 Å². The minimum atomic E-state index is -0.398. The van der Waals surface area contributed by atoms with Crippen LogP contribution < -0.4 is 0 Å². The van der Waals surface area contributed by atoms with Crippen molar-refractivity contribution in [3.05, 3.63) is 24.5 Å². The average Bonchev–Trinajstić information content (AvgIpc) is 2.52.